The monoisotopic (exact) mass is 936 g/mol. The number of ether oxygens (including phenoxy) is 1. The van der Waals surface area contributed by atoms with Crippen molar-refractivity contribution in [2.75, 3.05) is 45.8 Å². The third-order valence-corrected chi connectivity index (χ3v) is 13.2. The number of aromatic hydroxyl groups is 2. The molecule has 9 rings (SSSR count). The van der Waals surface area contributed by atoms with Gasteiger partial charge in [0, 0.05) is 94.7 Å². The number of aryl methyl sites for hydroxylation is 2. The minimum Gasteiger partial charge on any atom is -0.508 e. The average molecular weight is 937 g/mol. The van der Waals surface area contributed by atoms with Gasteiger partial charge in [-0.2, -0.15) is 0 Å². The Morgan fingerprint density at radius 2 is 1.59 bits per heavy atom. The van der Waals surface area contributed by atoms with Crippen LogP contribution in [0.2, 0.25) is 0 Å². The Morgan fingerprint density at radius 3 is 2.28 bits per heavy atom. The van der Waals surface area contributed by atoms with Crippen LogP contribution in [0.4, 0.5) is 4.79 Å². The first-order chi connectivity index (χ1) is 33.2. The van der Waals surface area contributed by atoms with Crippen LogP contribution in [-0.4, -0.2) is 134 Å². The number of benzene rings is 2. The predicted molar refractivity (Wildman–Crippen MR) is 258 cm³/mol. The summed E-state index contributed by atoms with van der Waals surface area (Å²) in [6.45, 7) is 13.0. The first-order valence-electron chi connectivity index (χ1n) is 23.4. The molecular formula is C50H56N12O7. The fourth-order valence-electron chi connectivity index (χ4n) is 9.31. The SMILES string of the molecule is CCNC(=O)c1nnc(-c2cc(C(C)C)c(O)cc2O)n1-c1ccc(CN2CCN(C(=O)O[C@@H](C)C(=O)N3CCC(n4c(=O)n(C)c5cnc6ccc(-c7ccc(C)nc7)nc6c54)CC3)CC2)cc1. The molecule has 2 aliphatic heterocycles. The van der Waals surface area contributed by atoms with Crippen molar-refractivity contribution < 1.29 is 29.3 Å². The lowest BCUT2D eigenvalue weighted by molar-refractivity contribution is -0.141. The number of imidazole rings is 1. The molecule has 19 nitrogen and oxygen atoms in total. The smallest absolute Gasteiger partial charge is 0.410 e. The van der Waals surface area contributed by atoms with Gasteiger partial charge in [-0.05, 0) is 93.1 Å². The normalized spacial score (nSPS) is 15.3. The van der Waals surface area contributed by atoms with Crippen LogP contribution < -0.4 is 11.0 Å². The number of nitrogens with one attached hydrogen (secondary N) is 1. The Bertz CT molecular complexity index is 3130. The molecule has 358 valence electrons. The van der Waals surface area contributed by atoms with Crippen LogP contribution >= 0.6 is 0 Å². The third-order valence-electron chi connectivity index (χ3n) is 13.2. The maximum absolute atomic E-state index is 13.8. The summed E-state index contributed by atoms with van der Waals surface area (Å²) in [5.41, 5.74) is 7.55. The maximum atomic E-state index is 13.8. The zero-order chi connectivity index (χ0) is 48.7. The number of phenols is 2. The number of piperidine rings is 1. The van der Waals surface area contributed by atoms with Crippen LogP contribution in [0.15, 0.2) is 77.9 Å². The molecule has 2 aromatic carbocycles. The van der Waals surface area contributed by atoms with E-state index in [9.17, 15) is 29.4 Å². The van der Waals surface area contributed by atoms with Crippen LogP contribution in [0.5, 0.6) is 11.5 Å². The van der Waals surface area contributed by atoms with E-state index in [4.69, 9.17) is 9.72 Å². The number of amides is 3. The highest BCUT2D eigenvalue weighted by molar-refractivity contribution is 6.00. The Kier molecular flexibility index (Phi) is 12.9. The number of rotatable bonds is 11. The zero-order valence-corrected chi connectivity index (χ0v) is 39.6. The van der Waals surface area contributed by atoms with Gasteiger partial charge >= 0.3 is 11.8 Å². The highest BCUT2D eigenvalue weighted by Gasteiger charge is 2.33. The van der Waals surface area contributed by atoms with Crippen molar-refractivity contribution in [2.24, 2.45) is 7.05 Å². The van der Waals surface area contributed by atoms with E-state index in [-0.39, 0.29) is 46.7 Å². The van der Waals surface area contributed by atoms with Crippen LogP contribution in [0, 0.1) is 6.92 Å². The third kappa shape index (κ3) is 9.08. The Labute approximate surface area is 398 Å². The Balaban J connectivity index is 0.804. The highest BCUT2D eigenvalue weighted by atomic mass is 16.6. The molecule has 3 N–H and O–H groups in total. The summed E-state index contributed by atoms with van der Waals surface area (Å²) in [7, 11) is 1.73. The lowest BCUT2D eigenvalue weighted by Gasteiger charge is -2.36. The van der Waals surface area contributed by atoms with E-state index >= 15 is 0 Å². The van der Waals surface area contributed by atoms with Gasteiger partial charge in [0.1, 0.15) is 17.0 Å². The number of pyridine rings is 3. The van der Waals surface area contributed by atoms with E-state index in [1.807, 2.05) is 76.2 Å². The summed E-state index contributed by atoms with van der Waals surface area (Å²) in [4.78, 5) is 73.6. The summed E-state index contributed by atoms with van der Waals surface area (Å²) in [6, 6.07) is 18.1. The van der Waals surface area contributed by atoms with Crippen LogP contribution in [0.1, 0.15) is 79.9 Å². The van der Waals surface area contributed by atoms with Crippen molar-refractivity contribution in [1.82, 2.24) is 58.9 Å². The zero-order valence-electron chi connectivity index (χ0n) is 39.6. The molecule has 7 heterocycles. The van der Waals surface area contributed by atoms with E-state index < -0.39 is 18.1 Å². The largest absolute Gasteiger partial charge is 0.508 e. The molecule has 0 spiro atoms. The minimum absolute atomic E-state index is 0.0344. The summed E-state index contributed by atoms with van der Waals surface area (Å²) in [5.74, 6) is -0.677. The van der Waals surface area contributed by atoms with Crippen molar-refractivity contribution in [2.45, 2.75) is 72.1 Å². The molecule has 0 saturated carbocycles. The fourth-order valence-corrected chi connectivity index (χ4v) is 9.31. The van der Waals surface area contributed by atoms with E-state index in [2.05, 4.69) is 30.4 Å². The number of aromatic nitrogens is 8. The molecule has 5 aromatic heterocycles. The summed E-state index contributed by atoms with van der Waals surface area (Å²) < 4.78 is 10.7. The first kappa shape index (κ1) is 46.4. The molecule has 1 atom stereocenters. The lowest BCUT2D eigenvalue weighted by Crippen LogP contribution is -2.50. The number of carbonyl (C=O) groups is 3. The number of phenolic OH excluding ortho intramolecular Hbond substituents is 2. The topological polar surface area (TPSA) is 219 Å². The second-order valence-electron chi connectivity index (χ2n) is 18.1. The van der Waals surface area contributed by atoms with Gasteiger partial charge in [-0.25, -0.2) is 14.6 Å². The second-order valence-corrected chi connectivity index (χ2v) is 18.1. The van der Waals surface area contributed by atoms with Crippen molar-refractivity contribution >= 4 is 40.0 Å². The van der Waals surface area contributed by atoms with E-state index in [1.54, 1.807) is 55.9 Å². The number of carbonyl (C=O) groups excluding carboxylic acids is 3. The molecule has 7 aromatic rings. The number of likely N-dealkylation sites (tertiary alicyclic amines) is 1. The Morgan fingerprint density at radius 1 is 0.855 bits per heavy atom. The van der Waals surface area contributed by atoms with Gasteiger partial charge in [-0.3, -0.25) is 38.2 Å². The molecule has 2 fully saturated rings. The van der Waals surface area contributed by atoms with Gasteiger partial charge in [0.2, 0.25) is 5.82 Å². The number of hydrogen-bond acceptors (Lipinski definition) is 13. The molecule has 2 aliphatic rings. The molecule has 2 saturated heterocycles. The number of nitrogens with zero attached hydrogens (tertiary/aromatic N) is 11. The summed E-state index contributed by atoms with van der Waals surface area (Å²) in [5, 5.41) is 32.7. The molecule has 0 bridgehead atoms. The summed E-state index contributed by atoms with van der Waals surface area (Å²) >= 11 is 0. The van der Waals surface area contributed by atoms with E-state index in [0.717, 1.165) is 22.5 Å². The van der Waals surface area contributed by atoms with Crippen molar-refractivity contribution in [3.8, 4) is 39.8 Å². The van der Waals surface area contributed by atoms with Crippen LogP contribution in [-0.2, 0) is 23.1 Å². The molecule has 69 heavy (non-hydrogen) atoms. The Hall–Kier alpha value is -7.67. The fraction of sp³-hybridized carbons (Fsp3) is 0.380. The van der Waals surface area contributed by atoms with Gasteiger partial charge in [0.25, 0.3) is 11.8 Å². The number of hydrogen-bond donors (Lipinski definition) is 3. The lowest BCUT2D eigenvalue weighted by atomic mass is 9.98. The van der Waals surface area contributed by atoms with E-state index in [1.165, 1.54) is 6.07 Å². The van der Waals surface area contributed by atoms with Gasteiger partial charge in [0.15, 0.2) is 11.9 Å². The molecule has 0 radical (unpaired) electrons. The second kappa shape index (κ2) is 19.1. The maximum Gasteiger partial charge on any atom is 0.410 e. The average Bonchev–Trinajstić information content (AvgIpc) is 3.90. The quantitative estimate of drug-likeness (QED) is 0.142. The van der Waals surface area contributed by atoms with Gasteiger partial charge in [-0.1, -0.05) is 26.0 Å². The minimum atomic E-state index is -0.991. The van der Waals surface area contributed by atoms with Crippen molar-refractivity contribution in [3.05, 3.63) is 106 Å². The van der Waals surface area contributed by atoms with Crippen molar-refractivity contribution in [3.63, 3.8) is 0 Å². The first-order valence-corrected chi connectivity index (χ1v) is 23.4. The van der Waals surface area contributed by atoms with Crippen molar-refractivity contribution in [1.29, 1.82) is 0 Å². The van der Waals surface area contributed by atoms with Gasteiger partial charge in [0.05, 0.1) is 34.0 Å². The highest BCUT2D eigenvalue weighted by Crippen LogP contribution is 2.38. The molecule has 3 amide bonds. The molecule has 0 unspecified atom stereocenters. The van der Waals surface area contributed by atoms with Crippen LogP contribution in [0.3, 0.4) is 0 Å². The number of piperazine rings is 1. The molecule has 0 aliphatic carbocycles. The molecule has 19 heteroatoms. The number of fused-ring (bicyclic) bond motifs is 3. The standard InChI is InChI=1S/C50H56N12O7/c1-7-51-47(65)46-56-55-45(37-24-36(29(2)3)41(63)25-42(37)64)62(46)34-12-9-32(10-13-34)28-58-20-22-60(23-21-58)50(68)69-31(5)48(66)59-18-16-35(17-19-59)61-44-40(57(6)49(61)67)27-53-39-15-14-38(54-43(39)44)33-11-8-30(4)52-26-33/h8-15,24-27,29,31,35,63-64H,7,16-23,28H2,1-6H3,(H,51,65)/t31-/m0/s1. The van der Waals surface area contributed by atoms with E-state index in [0.29, 0.717) is 104 Å². The van der Waals surface area contributed by atoms with Crippen LogP contribution in [0.25, 0.3) is 50.4 Å². The predicted octanol–water partition coefficient (Wildman–Crippen LogP) is 5.69. The molecular weight excluding hydrogens is 881 g/mol. The van der Waals surface area contributed by atoms with Gasteiger partial charge < -0.3 is 30.1 Å². The summed E-state index contributed by atoms with van der Waals surface area (Å²) in [6.07, 6.45) is 3.02. The van der Waals surface area contributed by atoms with Gasteiger partial charge in [-0.15, -0.1) is 10.2 Å².